The van der Waals surface area contributed by atoms with Crippen molar-refractivity contribution in [2.24, 2.45) is 0 Å². The van der Waals surface area contributed by atoms with Crippen LogP contribution in [0.2, 0.25) is 0 Å². The van der Waals surface area contributed by atoms with Gasteiger partial charge in [-0.25, -0.2) is 0 Å². The molecule has 150 valence electrons. The molecule has 1 fully saturated rings. The quantitative estimate of drug-likeness (QED) is 0.696. The summed E-state index contributed by atoms with van der Waals surface area (Å²) in [6.07, 6.45) is 5.61. The van der Waals surface area contributed by atoms with Gasteiger partial charge in [-0.1, -0.05) is 24.3 Å². The topological polar surface area (TPSA) is 50.3 Å². The van der Waals surface area contributed by atoms with Crippen LogP contribution in [0.3, 0.4) is 0 Å². The van der Waals surface area contributed by atoms with Gasteiger partial charge in [0.1, 0.15) is 12.4 Å². The minimum atomic E-state index is 0.346. The van der Waals surface area contributed by atoms with Gasteiger partial charge in [-0.2, -0.15) is 0 Å². The molecule has 1 aliphatic rings. The van der Waals surface area contributed by atoms with Gasteiger partial charge >= 0.3 is 0 Å². The molecule has 0 radical (unpaired) electrons. The average molecular weight is 389 g/mol. The molecule has 4 rings (SSSR count). The fraction of sp³-hybridized carbons (Fsp3) is 0.333. The first-order valence-electron chi connectivity index (χ1n) is 10.2. The van der Waals surface area contributed by atoms with Crippen molar-refractivity contribution in [3.63, 3.8) is 0 Å². The monoisotopic (exact) mass is 388 g/mol. The van der Waals surface area contributed by atoms with Crippen molar-refractivity contribution in [3.05, 3.63) is 89.0 Å². The fourth-order valence-electron chi connectivity index (χ4n) is 4.06. The van der Waals surface area contributed by atoms with Gasteiger partial charge in [0.25, 0.3) is 0 Å². The highest BCUT2D eigenvalue weighted by atomic mass is 16.5. The number of aromatic nitrogens is 2. The number of aryl methyl sites for hydroxylation is 2. The number of hydrogen-bond donors (Lipinski definition) is 1. The largest absolute Gasteiger partial charge is 0.487 e. The number of benzene rings is 1. The van der Waals surface area contributed by atoms with Crippen LogP contribution >= 0.6 is 0 Å². The van der Waals surface area contributed by atoms with Crippen LogP contribution in [-0.4, -0.2) is 34.5 Å². The van der Waals surface area contributed by atoms with Crippen LogP contribution < -0.4 is 10.1 Å². The molecule has 1 atom stereocenters. The van der Waals surface area contributed by atoms with Crippen LogP contribution in [0.25, 0.3) is 0 Å². The molecule has 0 spiro atoms. The standard InChI is InChI=1S/C24H28N4O/c1-18-12-20(13-19(2)24(18)29-17-22-7-3-4-9-27-22)16-28-11-10-26-15-23(28)21-6-5-8-25-14-21/h3-9,12-14,23,26H,10-11,15-17H2,1-2H3. The highest BCUT2D eigenvalue weighted by molar-refractivity contribution is 5.43. The zero-order chi connectivity index (χ0) is 20.1. The van der Waals surface area contributed by atoms with Crippen LogP contribution in [0.5, 0.6) is 5.75 Å². The van der Waals surface area contributed by atoms with E-state index in [2.05, 4.69) is 52.2 Å². The Bertz CT molecular complexity index is 907. The molecule has 3 heterocycles. The van der Waals surface area contributed by atoms with Crippen molar-refractivity contribution >= 4 is 0 Å². The third-order valence-electron chi connectivity index (χ3n) is 5.42. The Balaban J connectivity index is 1.48. The smallest absolute Gasteiger partial charge is 0.130 e. The van der Waals surface area contributed by atoms with Crippen LogP contribution in [0.15, 0.2) is 61.1 Å². The first kappa shape index (κ1) is 19.6. The fourth-order valence-corrected chi connectivity index (χ4v) is 4.06. The Hall–Kier alpha value is -2.76. The normalized spacial score (nSPS) is 17.2. The molecular formula is C24H28N4O. The summed E-state index contributed by atoms with van der Waals surface area (Å²) in [5, 5.41) is 3.52. The minimum Gasteiger partial charge on any atom is -0.487 e. The van der Waals surface area contributed by atoms with E-state index in [1.165, 1.54) is 22.3 Å². The second-order valence-electron chi connectivity index (χ2n) is 7.65. The summed E-state index contributed by atoms with van der Waals surface area (Å²) >= 11 is 0. The summed E-state index contributed by atoms with van der Waals surface area (Å²) < 4.78 is 6.09. The molecule has 0 amide bonds. The number of nitrogens with zero attached hydrogens (tertiary/aromatic N) is 3. The van der Waals surface area contributed by atoms with Gasteiger partial charge in [0.05, 0.1) is 5.69 Å². The van der Waals surface area contributed by atoms with Gasteiger partial charge in [0, 0.05) is 50.8 Å². The van der Waals surface area contributed by atoms with Crippen LogP contribution in [-0.2, 0) is 13.2 Å². The summed E-state index contributed by atoms with van der Waals surface area (Å²) in [6, 6.07) is 14.9. The minimum absolute atomic E-state index is 0.346. The first-order valence-corrected chi connectivity index (χ1v) is 10.2. The highest BCUT2D eigenvalue weighted by Gasteiger charge is 2.24. The van der Waals surface area contributed by atoms with Gasteiger partial charge in [-0.05, 0) is 54.3 Å². The summed E-state index contributed by atoms with van der Waals surface area (Å²) in [7, 11) is 0. The molecule has 0 bridgehead atoms. The molecule has 1 aromatic carbocycles. The van der Waals surface area contributed by atoms with Gasteiger partial charge in [-0.3, -0.25) is 14.9 Å². The maximum atomic E-state index is 6.09. The third-order valence-corrected chi connectivity index (χ3v) is 5.42. The van der Waals surface area contributed by atoms with Gasteiger partial charge in [0.2, 0.25) is 0 Å². The number of ether oxygens (including phenoxy) is 1. The maximum absolute atomic E-state index is 6.09. The third kappa shape index (κ3) is 4.81. The zero-order valence-electron chi connectivity index (χ0n) is 17.1. The lowest BCUT2D eigenvalue weighted by Crippen LogP contribution is -2.45. The van der Waals surface area contributed by atoms with E-state index in [1.54, 1.807) is 6.20 Å². The lowest BCUT2D eigenvalue weighted by atomic mass is 10.0. The van der Waals surface area contributed by atoms with Crippen molar-refractivity contribution in [1.29, 1.82) is 0 Å². The average Bonchev–Trinajstić information content (AvgIpc) is 2.75. The van der Waals surface area contributed by atoms with Crippen LogP contribution in [0, 0.1) is 13.8 Å². The molecular weight excluding hydrogens is 360 g/mol. The van der Waals surface area contributed by atoms with E-state index in [0.29, 0.717) is 12.6 Å². The molecule has 5 nitrogen and oxygen atoms in total. The van der Waals surface area contributed by atoms with Gasteiger partial charge < -0.3 is 10.1 Å². The Labute approximate surface area is 172 Å². The van der Waals surface area contributed by atoms with E-state index < -0.39 is 0 Å². The molecule has 0 aliphatic carbocycles. The predicted octanol–water partition coefficient (Wildman–Crippen LogP) is 3.82. The van der Waals surface area contributed by atoms with E-state index in [-0.39, 0.29) is 0 Å². The Morgan fingerprint density at radius 1 is 1.10 bits per heavy atom. The molecule has 1 aliphatic heterocycles. The van der Waals surface area contributed by atoms with E-state index in [9.17, 15) is 0 Å². The zero-order valence-corrected chi connectivity index (χ0v) is 17.1. The van der Waals surface area contributed by atoms with Crippen molar-refractivity contribution in [2.45, 2.75) is 33.0 Å². The molecule has 1 saturated heterocycles. The number of piperazine rings is 1. The van der Waals surface area contributed by atoms with Gasteiger partial charge in [0.15, 0.2) is 0 Å². The molecule has 1 unspecified atom stereocenters. The van der Waals surface area contributed by atoms with Crippen molar-refractivity contribution < 1.29 is 4.74 Å². The van der Waals surface area contributed by atoms with E-state index >= 15 is 0 Å². The molecule has 2 aromatic heterocycles. The van der Waals surface area contributed by atoms with Crippen LogP contribution in [0.4, 0.5) is 0 Å². The Morgan fingerprint density at radius 2 is 1.97 bits per heavy atom. The van der Waals surface area contributed by atoms with E-state index in [1.807, 2.05) is 36.7 Å². The molecule has 29 heavy (non-hydrogen) atoms. The summed E-state index contributed by atoms with van der Waals surface area (Å²) in [5.41, 5.74) is 5.87. The highest BCUT2D eigenvalue weighted by Crippen LogP contribution is 2.29. The second kappa shape index (κ2) is 9.16. The van der Waals surface area contributed by atoms with Crippen molar-refractivity contribution in [2.75, 3.05) is 19.6 Å². The lowest BCUT2D eigenvalue weighted by Gasteiger charge is -2.36. The number of rotatable bonds is 6. The van der Waals surface area contributed by atoms with E-state index in [4.69, 9.17) is 4.74 Å². The van der Waals surface area contributed by atoms with Crippen molar-refractivity contribution in [3.8, 4) is 5.75 Å². The lowest BCUT2D eigenvalue weighted by molar-refractivity contribution is 0.153. The first-order chi connectivity index (χ1) is 14.2. The SMILES string of the molecule is Cc1cc(CN2CCNCC2c2cccnc2)cc(C)c1OCc1ccccn1. The van der Waals surface area contributed by atoms with Gasteiger partial charge in [-0.15, -0.1) is 0 Å². The predicted molar refractivity (Wildman–Crippen MR) is 115 cm³/mol. The molecule has 3 aromatic rings. The number of hydrogen-bond acceptors (Lipinski definition) is 5. The van der Waals surface area contributed by atoms with Crippen LogP contribution in [0.1, 0.15) is 34.0 Å². The maximum Gasteiger partial charge on any atom is 0.130 e. The number of pyridine rings is 2. The molecule has 0 saturated carbocycles. The molecule has 1 N–H and O–H groups in total. The summed E-state index contributed by atoms with van der Waals surface area (Å²) in [6.45, 7) is 8.65. The van der Waals surface area contributed by atoms with Crippen molar-refractivity contribution in [1.82, 2.24) is 20.2 Å². The summed E-state index contributed by atoms with van der Waals surface area (Å²) in [5.74, 6) is 0.962. The van der Waals surface area contributed by atoms with E-state index in [0.717, 1.165) is 37.6 Å². The summed E-state index contributed by atoms with van der Waals surface area (Å²) in [4.78, 5) is 11.2. The Morgan fingerprint density at radius 3 is 2.69 bits per heavy atom. The second-order valence-corrected chi connectivity index (χ2v) is 7.65. The Kier molecular flexibility index (Phi) is 6.17. The molecule has 5 heteroatoms. The number of nitrogens with one attached hydrogen (secondary N) is 1.